The van der Waals surface area contributed by atoms with E-state index in [0.29, 0.717) is 20.4 Å². The summed E-state index contributed by atoms with van der Waals surface area (Å²) in [5.74, 6) is -1.23. The van der Waals surface area contributed by atoms with E-state index in [0.717, 1.165) is 15.9 Å². The molecule has 0 atom stereocenters. The molecule has 2 heterocycles. The number of thiophene rings is 1. The van der Waals surface area contributed by atoms with Crippen LogP contribution in [0.1, 0.15) is 5.56 Å². The molecule has 0 unspecified atom stereocenters. The van der Waals surface area contributed by atoms with Gasteiger partial charge in [-0.05, 0) is 48.0 Å². The van der Waals surface area contributed by atoms with Crippen LogP contribution in [0.15, 0.2) is 62.3 Å². The van der Waals surface area contributed by atoms with Crippen LogP contribution < -0.4 is 11.2 Å². The van der Waals surface area contributed by atoms with Crippen molar-refractivity contribution in [1.29, 1.82) is 0 Å². The number of H-pyrrole nitrogens is 1. The Labute approximate surface area is 206 Å². The maximum absolute atomic E-state index is 12.9. The molecule has 0 saturated heterocycles. The molecule has 0 aliphatic rings. The lowest BCUT2D eigenvalue weighted by Gasteiger charge is -2.10. The fraction of sp³-hybridized carbons (Fsp3) is 0.0952. The molecule has 170 valence electrons. The molecule has 0 amide bonds. The highest BCUT2D eigenvalue weighted by Crippen LogP contribution is 2.27. The molecule has 4 aromatic rings. The van der Waals surface area contributed by atoms with Crippen molar-refractivity contribution >= 4 is 72.7 Å². The lowest BCUT2D eigenvalue weighted by molar-refractivity contribution is -0.116. The molecule has 0 spiro atoms. The highest BCUT2D eigenvalue weighted by Gasteiger charge is 2.22. The second-order valence-corrected chi connectivity index (χ2v) is 11.9. The van der Waals surface area contributed by atoms with Crippen LogP contribution in [0, 0.1) is 0 Å². The molecule has 0 saturated carbocycles. The van der Waals surface area contributed by atoms with Crippen molar-refractivity contribution in [2.75, 3.05) is 5.75 Å². The number of Topliss-reactive ketones (excluding diaryl/α,β-unsaturated/α-hetero) is 1. The minimum atomic E-state index is -3.80. The molecule has 0 fully saturated rings. The summed E-state index contributed by atoms with van der Waals surface area (Å²) in [5.41, 5.74) is -0.444. The number of carbonyl (C=O) groups is 1. The topological polar surface area (TPSA) is 106 Å². The van der Waals surface area contributed by atoms with Gasteiger partial charge < -0.3 is 4.98 Å². The number of nitrogens with zero attached hydrogens (tertiary/aromatic N) is 1. The number of aromatic nitrogens is 2. The summed E-state index contributed by atoms with van der Waals surface area (Å²) < 4.78 is 26.0. The van der Waals surface area contributed by atoms with Crippen molar-refractivity contribution < 1.29 is 13.2 Å². The quantitative estimate of drug-likeness (QED) is 0.391. The molecule has 33 heavy (non-hydrogen) atoms. The maximum Gasteiger partial charge on any atom is 0.333 e. The molecule has 12 heteroatoms. The Morgan fingerprint density at radius 3 is 2.42 bits per heavy atom. The van der Waals surface area contributed by atoms with Crippen molar-refractivity contribution in [2.45, 2.75) is 10.6 Å². The third-order valence-electron chi connectivity index (χ3n) is 4.72. The van der Waals surface area contributed by atoms with Gasteiger partial charge in [0.25, 0.3) is 5.56 Å². The summed E-state index contributed by atoms with van der Waals surface area (Å²) in [5, 5.41) is 0.661. The molecule has 1 N–H and O–H groups in total. The Morgan fingerprint density at radius 2 is 1.76 bits per heavy atom. The van der Waals surface area contributed by atoms with Gasteiger partial charge in [-0.3, -0.25) is 9.59 Å². The predicted octanol–water partition coefficient (Wildman–Crippen LogP) is 4.29. The average molecular weight is 544 g/mol. The van der Waals surface area contributed by atoms with E-state index in [9.17, 15) is 22.8 Å². The number of hydrogen-bond acceptors (Lipinski definition) is 6. The number of sulfone groups is 1. The lowest BCUT2D eigenvalue weighted by Crippen LogP contribution is -2.33. The number of ketones is 1. The molecular weight excluding hydrogens is 531 g/mol. The van der Waals surface area contributed by atoms with E-state index in [-0.39, 0.29) is 26.7 Å². The smallest absolute Gasteiger partial charge is 0.306 e. The second-order valence-electron chi connectivity index (χ2n) is 7.08. The first-order chi connectivity index (χ1) is 15.5. The van der Waals surface area contributed by atoms with E-state index in [1.165, 1.54) is 48.5 Å². The second kappa shape index (κ2) is 9.08. The molecule has 0 bridgehead atoms. The maximum atomic E-state index is 12.9. The number of benzene rings is 2. The van der Waals surface area contributed by atoms with Crippen LogP contribution in [0.5, 0.6) is 0 Å². The number of halogens is 3. The van der Waals surface area contributed by atoms with Crippen molar-refractivity contribution in [1.82, 2.24) is 9.55 Å². The van der Waals surface area contributed by atoms with Crippen LogP contribution in [0.25, 0.3) is 16.6 Å². The van der Waals surface area contributed by atoms with E-state index >= 15 is 0 Å². The Hall–Kier alpha value is -2.43. The van der Waals surface area contributed by atoms with E-state index in [2.05, 4.69) is 4.98 Å². The minimum absolute atomic E-state index is 0.0189. The Morgan fingerprint density at radius 1 is 1.00 bits per heavy atom. The number of rotatable bonds is 6. The van der Waals surface area contributed by atoms with Crippen molar-refractivity contribution in [3.05, 3.63) is 89.3 Å². The molecule has 0 radical (unpaired) electrons. The van der Waals surface area contributed by atoms with E-state index in [1.807, 2.05) is 0 Å². The summed E-state index contributed by atoms with van der Waals surface area (Å²) >= 11 is 18.9. The monoisotopic (exact) mass is 542 g/mol. The molecule has 0 aliphatic carbocycles. The summed E-state index contributed by atoms with van der Waals surface area (Å²) in [6.07, 6.45) is -0.195. The Kier molecular flexibility index (Phi) is 6.52. The SMILES string of the molecule is O=C(Cc1ccc(-n2c(=O)[nH]c3cc(Cl)ccc3c2=O)c(Cl)c1)CS(=O)(=O)c1ccc(Cl)s1. The molecule has 2 aromatic carbocycles. The predicted molar refractivity (Wildman–Crippen MR) is 130 cm³/mol. The van der Waals surface area contributed by atoms with Crippen LogP contribution in [-0.4, -0.2) is 29.5 Å². The van der Waals surface area contributed by atoms with Crippen LogP contribution in [0.2, 0.25) is 14.4 Å². The third-order valence-corrected chi connectivity index (χ3v) is 8.75. The van der Waals surface area contributed by atoms with Gasteiger partial charge in [-0.1, -0.05) is 40.9 Å². The van der Waals surface area contributed by atoms with Gasteiger partial charge in [0.1, 0.15) is 9.96 Å². The van der Waals surface area contributed by atoms with E-state index in [4.69, 9.17) is 34.8 Å². The van der Waals surface area contributed by atoms with Gasteiger partial charge in [-0.25, -0.2) is 17.8 Å². The number of hydrogen-bond donors (Lipinski definition) is 1. The normalized spacial score (nSPS) is 11.7. The zero-order chi connectivity index (χ0) is 23.9. The number of carbonyl (C=O) groups excluding carboxylic acids is 1. The standard InChI is InChI=1S/C21H13Cl3N2O5S2/c22-12-2-3-14-16(9-12)25-21(29)26(20(14)28)17-4-1-11(8-15(17)23)7-13(27)10-33(30,31)19-6-5-18(24)32-19/h1-6,8-9H,7,10H2,(H,25,29). The van der Waals surface area contributed by atoms with E-state index < -0.39 is 32.6 Å². The number of fused-ring (bicyclic) bond motifs is 1. The van der Waals surface area contributed by atoms with Gasteiger partial charge in [-0.2, -0.15) is 0 Å². The molecular formula is C21H13Cl3N2O5S2. The van der Waals surface area contributed by atoms with Gasteiger partial charge in [0, 0.05) is 11.4 Å². The summed E-state index contributed by atoms with van der Waals surface area (Å²) in [4.78, 5) is 40.4. The highest BCUT2D eigenvalue weighted by molar-refractivity contribution is 7.94. The first-order valence-corrected chi connectivity index (χ1v) is 12.9. The summed E-state index contributed by atoms with van der Waals surface area (Å²) in [7, 11) is -3.80. The molecule has 7 nitrogen and oxygen atoms in total. The van der Waals surface area contributed by atoms with Crippen molar-refractivity contribution in [3.8, 4) is 5.69 Å². The lowest BCUT2D eigenvalue weighted by atomic mass is 10.1. The first kappa shape index (κ1) is 23.7. The number of nitrogens with one attached hydrogen (secondary N) is 1. The Balaban J connectivity index is 1.62. The Bertz CT molecular complexity index is 1640. The van der Waals surface area contributed by atoms with Gasteiger partial charge in [-0.15, -0.1) is 11.3 Å². The average Bonchev–Trinajstić information content (AvgIpc) is 3.16. The van der Waals surface area contributed by atoms with E-state index in [1.54, 1.807) is 0 Å². The fourth-order valence-corrected chi connectivity index (χ4v) is 6.55. The van der Waals surface area contributed by atoms with Crippen LogP contribution in [0.3, 0.4) is 0 Å². The highest BCUT2D eigenvalue weighted by atomic mass is 35.5. The van der Waals surface area contributed by atoms with Crippen molar-refractivity contribution in [2.24, 2.45) is 0 Å². The van der Waals surface area contributed by atoms with Gasteiger partial charge in [0.05, 0.1) is 25.9 Å². The van der Waals surface area contributed by atoms with Gasteiger partial charge in [0.2, 0.25) is 0 Å². The van der Waals surface area contributed by atoms with Crippen molar-refractivity contribution in [3.63, 3.8) is 0 Å². The summed E-state index contributed by atoms with van der Waals surface area (Å²) in [6.45, 7) is 0. The number of aromatic amines is 1. The van der Waals surface area contributed by atoms with Crippen LogP contribution in [-0.2, 0) is 21.1 Å². The van der Waals surface area contributed by atoms with Crippen LogP contribution >= 0.6 is 46.1 Å². The molecule has 2 aromatic heterocycles. The van der Waals surface area contributed by atoms with Gasteiger partial charge in [0.15, 0.2) is 15.6 Å². The minimum Gasteiger partial charge on any atom is -0.306 e. The third kappa shape index (κ3) is 4.92. The summed E-state index contributed by atoms with van der Waals surface area (Å²) in [6, 6.07) is 11.7. The van der Waals surface area contributed by atoms with Gasteiger partial charge >= 0.3 is 5.69 Å². The fourth-order valence-electron chi connectivity index (χ4n) is 3.28. The zero-order valence-corrected chi connectivity index (χ0v) is 20.4. The zero-order valence-electron chi connectivity index (χ0n) is 16.5. The largest absolute Gasteiger partial charge is 0.333 e. The molecule has 0 aliphatic heterocycles. The molecule has 4 rings (SSSR count). The first-order valence-electron chi connectivity index (χ1n) is 9.28. The van der Waals surface area contributed by atoms with Crippen LogP contribution in [0.4, 0.5) is 0 Å².